The Balaban J connectivity index is 2.23. The first-order valence-electron chi connectivity index (χ1n) is 4.27. The van der Waals surface area contributed by atoms with Gasteiger partial charge in [0.05, 0.1) is 5.75 Å². The van der Waals surface area contributed by atoms with Crippen LogP contribution in [0.25, 0.3) is 0 Å². The highest BCUT2D eigenvalue weighted by Crippen LogP contribution is 1.98. The number of aromatic nitrogens is 2. The third kappa shape index (κ3) is 4.76. The molecule has 6 heteroatoms. The molecule has 0 fully saturated rings. The lowest BCUT2D eigenvalue weighted by Gasteiger charge is -2.02. The summed E-state index contributed by atoms with van der Waals surface area (Å²) in [5.74, 6) is 0.862. The van der Waals surface area contributed by atoms with E-state index in [2.05, 4.69) is 15.5 Å². The van der Waals surface area contributed by atoms with E-state index in [-0.39, 0.29) is 5.75 Å². The van der Waals surface area contributed by atoms with Crippen molar-refractivity contribution in [3.8, 4) is 0 Å². The summed E-state index contributed by atoms with van der Waals surface area (Å²) >= 11 is 0. The Labute approximate surface area is 83.5 Å². The van der Waals surface area contributed by atoms with Gasteiger partial charge in [0, 0.05) is 19.0 Å². The fourth-order valence-corrected chi connectivity index (χ4v) is 1.62. The molecule has 0 aliphatic rings. The summed E-state index contributed by atoms with van der Waals surface area (Å²) in [6.07, 6.45) is 3.40. The summed E-state index contributed by atoms with van der Waals surface area (Å²) in [4.78, 5) is 0. The van der Waals surface area contributed by atoms with Gasteiger partial charge in [-0.05, 0) is 18.6 Å². The van der Waals surface area contributed by atoms with Crippen LogP contribution in [0.1, 0.15) is 6.42 Å². The largest absolute Gasteiger partial charge is 0.369 e. The van der Waals surface area contributed by atoms with E-state index in [0.717, 1.165) is 0 Å². The second-order valence-electron chi connectivity index (χ2n) is 3.02. The third-order valence-corrected chi connectivity index (χ3v) is 2.60. The quantitative estimate of drug-likeness (QED) is 0.716. The van der Waals surface area contributed by atoms with Gasteiger partial charge in [-0.1, -0.05) is 0 Å². The first-order chi connectivity index (χ1) is 6.58. The molecule has 0 aliphatic heterocycles. The molecule has 1 heterocycles. The van der Waals surface area contributed by atoms with E-state index in [9.17, 15) is 8.42 Å². The summed E-state index contributed by atoms with van der Waals surface area (Å²) in [5, 5.41) is 10.5. The van der Waals surface area contributed by atoms with Crippen molar-refractivity contribution in [2.24, 2.45) is 0 Å². The van der Waals surface area contributed by atoms with Crippen molar-refractivity contribution in [2.45, 2.75) is 6.42 Å². The van der Waals surface area contributed by atoms with Crippen LogP contribution in [0.5, 0.6) is 0 Å². The molecular formula is C8H13N3O2S. The van der Waals surface area contributed by atoms with Gasteiger partial charge in [0.15, 0.2) is 0 Å². The molecule has 1 aromatic heterocycles. The van der Waals surface area contributed by atoms with Crippen molar-refractivity contribution in [3.63, 3.8) is 0 Å². The number of nitrogens with one attached hydrogen (secondary N) is 1. The van der Waals surface area contributed by atoms with E-state index in [4.69, 9.17) is 0 Å². The number of sulfone groups is 1. The molecule has 1 aromatic rings. The van der Waals surface area contributed by atoms with Crippen molar-refractivity contribution < 1.29 is 8.42 Å². The highest BCUT2D eigenvalue weighted by atomic mass is 32.2. The molecular weight excluding hydrogens is 202 g/mol. The van der Waals surface area contributed by atoms with Gasteiger partial charge in [0.2, 0.25) is 0 Å². The van der Waals surface area contributed by atoms with Crippen LogP contribution in [-0.4, -0.2) is 37.2 Å². The zero-order valence-corrected chi connectivity index (χ0v) is 8.79. The molecule has 1 N–H and O–H groups in total. The second kappa shape index (κ2) is 4.90. The third-order valence-electron chi connectivity index (χ3n) is 1.57. The Morgan fingerprint density at radius 3 is 2.86 bits per heavy atom. The van der Waals surface area contributed by atoms with E-state index < -0.39 is 9.84 Å². The zero-order valence-electron chi connectivity index (χ0n) is 7.97. The van der Waals surface area contributed by atoms with Crippen LogP contribution in [0.15, 0.2) is 18.3 Å². The maximum atomic E-state index is 10.8. The SMILES string of the molecule is CS(=O)(=O)CCCNc1cccnn1. The van der Waals surface area contributed by atoms with Gasteiger partial charge in [0.25, 0.3) is 0 Å². The van der Waals surface area contributed by atoms with Crippen molar-refractivity contribution in [2.75, 3.05) is 23.9 Å². The van der Waals surface area contributed by atoms with Crippen molar-refractivity contribution in [1.29, 1.82) is 0 Å². The van der Waals surface area contributed by atoms with Crippen molar-refractivity contribution >= 4 is 15.7 Å². The summed E-state index contributed by atoms with van der Waals surface area (Å²) in [7, 11) is -2.85. The maximum absolute atomic E-state index is 10.8. The summed E-state index contributed by atoms with van der Waals surface area (Å²) in [5.41, 5.74) is 0. The van der Waals surface area contributed by atoms with Gasteiger partial charge in [0.1, 0.15) is 15.7 Å². The molecule has 0 unspecified atom stereocenters. The molecule has 0 saturated carbocycles. The van der Waals surface area contributed by atoms with E-state index >= 15 is 0 Å². The second-order valence-corrected chi connectivity index (χ2v) is 5.28. The minimum atomic E-state index is -2.85. The topological polar surface area (TPSA) is 72.0 Å². The molecule has 0 atom stereocenters. The summed E-state index contributed by atoms with van der Waals surface area (Å²) in [6, 6.07) is 3.55. The zero-order chi connectivity index (χ0) is 10.4. The Morgan fingerprint density at radius 1 is 1.50 bits per heavy atom. The lowest BCUT2D eigenvalue weighted by atomic mass is 10.4. The fourth-order valence-electron chi connectivity index (χ4n) is 0.947. The standard InChI is InChI=1S/C8H13N3O2S/c1-14(12,13)7-3-5-9-8-4-2-6-10-11-8/h2,4,6H,3,5,7H2,1H3,(H,9,11). The highest BCUT2D eigenvalue weighted by molar-refractivity contribution is 7.90. The van der Waals surface area contributed by atoms with Crippen molar-refractivity contribution in [3.05, 3.63) is 18.3 Å². The molecule has 0 bridgehead atoms. The molecule has 0 amide bonds. The van der Waals surface area contributed by atoms with Crippen LogP contribution in [-0.2, 0) is 9.84 Å². The molecule has 0 spiro atoms. The van der Waals surface area contributed by atoms with Gasteiger partial charge in [-0.3, -0.25) is 0 Å². The predicted octanol–water partition coefficient (Wildman–Crippen LogP) is 0.323. The summed E-state index contributed by atoms with van der Waals surface area (Å²) < 4.78 is 21.6. The lowest BCUT2D eigenvalue weighted by molar-refractivity contribution is 0.600. The molecule has 1 rings (SSSR count). The van der Waals surface area contributed by atoms with E-state index in [0.29, 0.717) is 18.8 Å². The van der Waals surface area contributed by atoms with Crippen molar-refractivity contribution in [1.82, 2.24) is 10.2 Å². The molecule has 0 aromatic carbocycles. The molecule has 0 aliphatic carbocycles. The summed E-state index contributed by atoms with van der Waals surface area (Å²) in [6.45, 7) is 0.589. The molecule has 78 valence electrons. The Kier molecular flexibility index (Phi) is 3.82. The average Bonchev–Trinajstić information content (AvgIpc) is 2.13. The highest BCUT2D eigenvalue weighted by Gasteiger charge is 2.00. The Hall–Kier alpha value is -1.17. The predicted molar refractivity (Wildman–Crippen MR) is 54.8 cm³/mol. The van der Waals surface area contributed by atoms with Crippen LogP contribution in [0.3, 0.4) is 0 Å². The minimum absolute atomic E-state index is 0.195. The van der Waals surface area contributed by atoms with Crippen LogP contribution in [0.4, 0.5) is 5.82 Å². The fraction of sp³-hybridized carbons (Fsp3) is 0.500. The first-order valence-corrected chi connectivity index (χ1v) is 6.33. The van der Waals surface area contributed by atoms with Crippen LogP contribution in [0.2, 0.25) is 0 Å². The maximum Gasteiger partial charge on any atom is 0.148 e. The number of nitrogens with zero attached hydrogens (tertiary/aromatic N) is 2. The Morgan fingerprint density at radius 2 is 2.29 bits per heavy atom. The number of rotatable bonds is 5. The van der Waals surface area contributed by atoms with Gasteiger partial charge >= 0.3 is 0 Å². The molecule has 0 saturated heterocycles. The molecule has 0 radical (unpaired) electrons. The van der Waals surface area contributed by atoms with Gasteiger partial charge in [-0.15, -0.1) is 5.10 Å². The first kappa shape index (κ1) is 10.9. The number of hydrogen-bond acceptors (Lipinski definition) is 5. The van der Waals surface area contributed by atoms with Gasteiger partial charge < -0.3 is 5.32 Å². The van der Waals surface area contributed by atoms with Crippen LogP contribution >= 0.6 is 0 Å². The lowest BCUT2D eigenvalue weighted by Crippen LogP contribution is -2.10. The van der Waals surface area contributed by atoms with Crippen LogP contribution in [0, 0.1) is 0 Å². The van der Waals surface area contributed by atoms with E-state index in [1.165, 1.54) is 6.26 Å². The normalized spacial score (nSPS) is 11.2. The monoisotopic (exact) mass is 215 g/mol. The van der Waals surface area contributed by atoms with Gasteiger partial charge in [-0.2, -0.15) is 5.10 Å². The van der Waals surface area contributed by atoms with Crippen LogP contribution < -0.4 is 5.32 Å². The average molecular weight is 215 g/mol. The van der Waals surface area contributed by atoms with E-state index in [1.54, 1.807) is 18.3 Å². The molecule has 14 heavy (non-hydrogen) atoms. The number of anilines is 1. The Bertz CT molecular complexity index is 363. The van der Waals surface area contributed by atoms with Gasteiger partial charge in [-0.25, -0.2) is 8.42 Å². The minimum Gasteiger partial charge on any atom is -0.369 e. The van der Waals surface area contributed by atoms with E-state index in [1.807, 2.05) is 0 Å². The smallest absolute Gasteiger partial charge is 0.148 e. The number of hydrogen-bond donors (Lipinski definition) is 1. The molecule has 5 nitrogen and oxygen atoms in total.